The number of Topliss-reactive ketones (excluding diaryl/α,β-unsaturated/α-hetero) is 1. The monoisotopic (exact) mass is 332 g/mol. The molecule has 2 aliphatic rings. The number of allylic oxidation sites excluding steroid dienone is 1. The number of esters is 1. The van der Waals surface area contributed by atoms with Crippen LogP contribution in [0.2, 0.25) is 0 Å². The minimum absolute atomic E-state index is 0.118. The van der Waals surface area contributed by atoms with Crippen molar-refractivity contribution in [1.29, 1.82) is 0 Å². The number of phenols is 1. The van der Waals surface area contributed by atoms with Crippen LogP contribution >= 0.6 is 0 Å². The quantitative estimate of drug-likeness (QED) is 0.793. The number of aromatic hydroxyl groups is 1. The molecule has 1 aromatic carbocycles. The van der Waals surface area contributed by atoms with Gasteiger partial charge in [0, 0.05) is 12.0 Å². The van der Waals surface area contributed by atoms with Crippen LogP contribution in [-0.4, -0.2) is 40.6 Å². The zero-order valence-corrected chi connectivity index (χ0v) is 12.9. The van der Waals surface area contributed by atoms with Crippen LogP contribution in [0.4, 0.5) is 0 Å². The number of hydrogen-bond acceptors (Lipinski definition) is 6. The molecule has 24 heavy (non-hydrogen) atoms. The molecule has 0 fully saturated rings. The van der Waals surface area contributed by atoms with Gasteiger partial charge in [-0.1, -0.05) is 6.08 Å². The Labute approximate surface area is 137 Å². The largest absolute Gasteiger partial charge is 0.508 e. The Kier molecular flexibility index (Phi) is 3.79. The maximum absolute atomic E-state index is 13.0. The molecular weight excluding hydrogens is 316 g/mol. The molecule has 126 valence electrons. The van der Waals surface area contributed by atoms with Crippen molar-refractivity contribution in [2.75, 3.05) is 7.11 Å². The third-order valence-corrected chi connectivity index (χ3v) is 4.49. The second-order valence-corrected chi connectivity index (χ2v) is 5.87. The Morgan fingerprint density at radius 1 is 1.38 bits per heavy atom. The Morgan fingerprint density at radius 2 is 2.12 bits per heavy atom. The molecule has 1 aliphatic carbocycles. The molecule has 1 spiro atoms. The van der Waals surface area contributed by atoms with Gasteiger partial charge >= 0.3 is 11.9 Å². The highest BCUT2D eigenvalue weighted by molar-refractivity contribution is 6.10. The highest BCUT2D eigenvalue weighted by Gasteiger charge is 2.57. The van der Waals surface area contributed by atoms with E-state index < -0.39 is 29.2 Å². The van der Waals surface area contributed by atoms with Crippen molar-refractivity contribution in [1.82, 2.24) is 0 Å². The van der Waals surface area contributed by atoms with Crippen molar-refractivity contribution in [3.8, 4) is 11.5 Å². The molecule has 0 saturated carbocycles. The molecular formula is C17H16O7. The summed E-state index contributed by atoms with van der Waals surface area (Å²) in [4.78, 5) is 36.7. The summed E-state index contributed by atoms with van der Waals surface area (Å²) in [5.41, 5.74) is -1.38. The van der Waals surface area contributed by atoms with E-state index in [4.69, 9.17) is 9.47 Å². The lowest BCUT2D eigenvalue weighted by molar-refractivity contribution is -0.148. The second kappa shape index (κ2) is 5.67. The number of carbonyl (C=O) groups is 3. The van der Waals surface area contributed by atoms with E-state index in [1.807, 2.05) is 0 Å². The van der Waals surface area contributed by atoms with E-state index in [0.29, 0.717) is 6.42 Å². The number of carbonyl (C=O) groups excluding carboxylic acids is 2. The van der Waals surface area contributed by atoms with Gasteiger partial charge in [-0.15, -0.1) is 0 Å². The van der Waals surface area contributed by atoms with E-state index in [2.05, 4.69) is 0 Å². The van der Waals surface area contributed by atoms with Gasteiger partial charge in [0.2, 0.25) is 5.78 Å². The molecule has 1 heterocycles. The number of methoxy groups -OCH3 is 1. The van der Waals surface area contributed by atoms with E-state index in [0.717, 1.165) is 0 Å². The van der Waals surface area contributed by atoms with Gasteiger partial charge in [-0.05, 0) is 31.0 Å². The van der Waals surface area contributed by atoms with E-state index in [1.165, 1.54) is 25.3 Å². The fourth-order valence-electron chi connectivity index (χ4n) is 3.35. The third kappa shape index (κ3) is 2.33. The van der Waals surface area contributed by atoms with Crippen molar-refractivity contribution < 1.29 is 34.1 Å². The Hall–Kier alpha value is -2.83. The molecule has 0 bridgehead atoms. The number of fused-ring (bicyclic) bond motifs is 1. The zero-order chi connectivity index (χ0) is 17.5. The van der Waals surface area contributed by atoms with Gasteiger partial charge in [-0.3, -0.25) is 9.59 Å². The summed E-state index contributed by atoms with van der Waals surface area (Å²) in [6.07, 6.45) is 1.88. The SMILES string of the molecule is COC(=O)C1=CCC[C@@H](C(=O)O)[C@@]2(C1)Oc1ccc(O)cc1C2=O. The minimum Gasteiger partial charge on any atom is -0.508 e. The van der Waals surface area contributed by atoms with Crippen molar-refractivity contribution >= 4 is 17.7 Å². The first-order valence-corrected chi connectivity index (χ1v) is 7.46. The highest BCUT2D eigenvalue weighted by Crippen LogP contribution is 2.46. The molecule has 0 saturated heterocycles. The Morgan fingerprint density at radius 3 is 2.79 bits per heavy atom. The minimum atomic E-state index is -1.71. The first-order chi connectivity index (χ1) is 11.4. The molecule has 7 nitrogen and oxygen atoms in total. The van der Waals surface area contributed by atoms with Crippen molar-refractivity contribution in [3.63, 3.8) is 0 Å². The number of phenolic OH excluding ortho intramolecular Hbond substituents is 1. The molecule has 0 amide bonds. The van der Waals surface area contributed by atoms with Crippen LogP contribution < -0.4 is 4.74 Å². The van der Waals surface area contributed by atoms with Crippen LogP contribution in [0.3, 0.4) is 0 Å². The summed E-state index contributed by atoms with van der Waals surface area (Å²) in [7, 11) is 1.22. The summed E-state index contributed by atoms with van der Waals surface area (Å²) in [6, 6.07) is 4.02. The van der Waals surface area contributed by atoms with Crippen LogP contribution in [0, 0.1) is 5.92 Å². The smallest absolute Gasteiger partial charge is 0.333 e. The average Bonchev–Trinajstić information content (AvgIpc) is 2.72. The van der Waals surface area contributed by atoms with Crippen LogP contribution in [0.1, 0.15) is 29.6 Å². The van der Waals surface area contributed by atoms with E-state index in [1.54, 1.807) is 6.08 Å². The van der Waals surface area contributed by atoms with Crippen molar-refractivity contribution in [2.45, 2.75) is 24.9 Å². The van der Waals surface area contributed by atoms with Gasteiger partial charge in [-0.2, -0.15) is 0 Å². The molecule has 1 aliphatic heterocycles. The number of carboxylic acid groups (broad SMARTS) is 1. The molecule has 7 heteroatoms. The topological polar surface area (TPSA) is 110 Å². The normalized spacial score (nSPS) is 25.5. The molecule has 0 radical (unpaired) electrons. The molecule has 2 atom stereocenters. The summed E-state index contributed by atoms with van der Waals surface area (Å²) >= 11 is 0. The fraction of sp³-hybridized carbons (Fsp3) is 0.353. The summed E-state index contributed by atoms with van der Waals surface area (Å²) < 4.78 is 10.5. The van der Waals surface area contributed by atoms with Gasteiger partial charge in [0.1, 0.15) is 17.4 Å². The number of ether oxygens (including phenoxy) is 2. The number of hydrogen-bond donors (Lipinski definition) is 2. The highest BCUT2D eigenvalue weighted by atomic mass is 16.5. The lowest BCUT2D eigenvalue weighted by atomic mass is 9.77. The van der Waals surface area contributed by atoms with Crippen LogP contribution in [0.25, 0.3) is 0 Å². The predicted octanol–water partition coefficient (Wildman–Crippen LogP) is 1.69. The lowest BCUT2D eigenvalue weighted by Crippen LogP contribution is -2.50. The van der Waals surface area contributed by atoms with Gasteiger partial charge in [0.05, 0.1) is 12.7 Å². The molecule has 3 rings (SSSR count). The fourth-order valence-corrected chi connectivity index (χ4v) is 3.35. The molecule has 2 N–H and O–H groups in total. The average molecular weight is 332 g/mol. The van der Waals surface area contributed by atoms with E-state index in [-0.39, 0.29) is 35.5 Å². The summed E-state index contributed by atoms with van der Waals surface area (Å²) in [5, 5.41) is 19.2. The number of benzene rings is 1. The molecule has 1 aromatic rings. The number of carboxylic acids is 1. The number of aliphatic carboxylic acids is 1. The molecule has 0 aromatic heterocycles. The van der Waals surface area contributed by atoms with Gasteiger partial charge in [0.25, 0.3) is 0 Å². The Bertz CT molecular complexity index is 764. The lowest BCUT2D eigenvalue weighted by Gasteiger charge is -2.31. The maximum Gasteiger partial charge on any atom is 0.333 e. The summed E-state index contributed by atoms with van der Waals surface area (Å²) in [5.74, 6) is -3.35. The van der Waals surface area contributed by atoms with Crippen LogP contribution in [-0.2, 0) is 14.3 Å². The first-order valence-electron chi connectivity index (χ1n) is 7.46. The van der Waals surface area contributed by atoms with Crippen LogP contribution in [0.15, 0.2) is 29.8 Å². The zero-order valence-electron chi connectivity index (χ0n) is 12.9. The van der Waals surface area contributed by atoms with E-state index in [9.17, 15) is 24.6 Å². The first kappa shape index (κ1) is 16.0. The van der Waals surface area contributed by atoms with Gasteiger partial charge < -0.3 is 19.7 Å². The Balaban J connectivity index is 2.10. The van der Waals surface area contributed by atoms with E-state index >= 15 is 0 Å². The van der Waals surface area contributed by atoms with Crippen LogP contribution in [0.5, 0.6) is 11.5 Å². The third-order valence-electron chi connectivity index (χ3n) is 4.49. The maximum atomic E-state index is 13.0. The second-order valence-electron chi connectivity index (χ2n) is 5.87. The van der Waals surface area contributed by atoms with Gasteiger partial charge in [-0.25, -0.2) is 4.79 Å². The summed E-state index contributed by atoms with van der Waals surface area (Å²) in [6.45, 7) is 0. The van der Waals surface area contributed by atoms with Gasteiger partial charge in [0.15, 0.2) is 5.60 Å². The predicted molar refractivity (Wildman–Crippen MR) is 80.9 cm³/mol. The van der Waals surface area contributed by atoms with Crippen molar-refractivity contribution in [3.05, 3.63) is 35.4 Å². The molecule has 0 unspecified atom stereocenters. The standard InChI is InChI=1S/C17H16O7/c1-23-16(22)9-3-2-4-12(15(20)21)17(8-9)14(19)11-7-10(18)5-6-13(11)24-17/h3,5-7,12,18H,2,4,8H2,1H3,(H,20,21)/t12-,17+/m0/s1. The number of rotatable bonds is 2. The number of ketones is 1. The van der Waals surface area contributed by atoms with Crippen molar-refractivity contribution in [2.24, 2.45) is 5.92 Å².